The second-order valence-electron chi connectivity index (χ2n) is 21.6. The Labute approximate surface area is 493 Å². The van der Waals surface area contributed by atoms with E-state index in [-0.39, 0.29) is 88.2 Å². The number of carboxylic acid groups (broad SMARTS) is 1. The number of hydrogen-bond acceptors (Lipinski definition) is 9. The molecular formula is C47H95O10P17Si2. The van der Waals surface area contributed by atoms with Crippen molar-refractivity contribution in [3.8, 4) is 0 Å². The van der Waals surface area contributed by atoms with Gasteiger partial charge in [-0.3, -0.25) is 9.59 Å². The molecule has 0 spiro atoms. The molecule has 0 saturated carbocycles. The molecule has 10 nitrogen and oxygen atoms in total. The van der Waals surface area contributed by atoms with Gasteiger partial charge in [0.25, 0.3) is 0 Å². The number of aliphatic carboxylic acids is 1. The van der Waals surface area contributed by atoms with E-state index in [9.17, 15) is 14.7 Å². The van der Waals surface area contributed by atoms with E-state index in [1.54, 1.807) is 12.2 Å². The van der Waals surface area contributed by atoms with Crippen LogP contribution in [0.5, 0.6) is 0 Å². The van der Waals surface area contributed by atoms with Crippen molar-refractivity contribution in [2.24, 2.45) is 0 Å². The molecule has 0 bridgehead atoms. The zero-order chi connectivity index (χ0) is 58.6. The van der Waals surface area contributed by atoms with Crippen LogP contribution in [0.4, 0.5) is 0 Å². The third kappa shape index (κ3) is 27.6. The van der Waals surface area contributed by atoms with Gasteiger partial charge in [-0.1, -0.05) is 122 Å². The van der Waals surface area contributed by atoms with Crippen LogP contribution in [0.3, 0.4) is 0 Å². The van der Waals surface area contributed by atoms with Gasteiger partial charge in [0.2, 0.25) is 0 Å². The molecule has 2 aromatic rings. The van der Waals surface area contributed by atoms with E-state index in [0.29, 0.717) is 32.7 Å². The topological polar surface area (TPSA) is 119 Å². The Balaban J connectivity index is 0.000000583. The summed E-state index contributed by atoms with van der Waals surface area (Å²) in [7, 11) is 27.3. The Morgan fingerprint density at radius 1 is 0.671 bits per heavy atom. The smallest absolute Gasteiger partial charge is 0.308 e. The number of carboxylic acids is 1. The van der Waals surface area contributed by atoms with Crippen LogP contribution in [0.25, 0.3) is 0 Å². The Kier molecular flexibility index (Phi) is 38.4. The van der Waals surface area contributed by atoms with Gasteiger partial charge in [-0.05, 0) is 118 Å². The molecule has 2 aromatic carbocycles. The summed E-state index contributed by atoms with van der Waals surface area (Å²) in [4.78, 5) is 23.5. The molecule has 2 aliphatic heterocycles. The molecule has 0 radical (unpaired) electrons. The average Bonchev–Trinajstić information content (AvgIpc) is 3.85. The summed E-state index contributed by atoms with van der Waals surface area (Å²) in [5, 5.41) is 9.46. The van der Waals surface area contributed by atoms with Crippen LogP contribution in [-0.2, 0) is 42.1 Å². The van der Waals surface area contributed by atoms with Crippen LogP contribution in [0.2, 0.25) is 36.3 Å². The molecular weight excluding hydrogens is 1310 g/mol. The van der Waals surface area contributed by atoms with Crippen LogP contribution < -0.4 is 0 Å². The maximum atomic E-state index is 12.0. The van der Waals surface area contributed by atoms with E-state index in [4.69, 9.17) is 32.5 Å². The summed E-state index contributed by atoms with van der Waals surface area (Å²) in [6, 6.07) is 19.7. The van der Waals surface area contributed by atoms with Gasteiger partial charge in [-0.15, -0.1) is 102 Å². The molecule has 29 heteroatoms. The first-order chi connectivity index (χ1) is 34.9. The Morgan fingerprint density at radius 2 is 1.01 bits per heavy atom. The third-order valence-electron chi connectivity index (χ3n) is 13.6. The van der Waals surface area contributed by atoms with E-state index >= 15 is 0 Å². The summed E-state index contributed by atoms with van der Waals surface area (Å²) in [6.07, 6.45) is 4.39. The SMILES string of the molecule is C=C[C@@H]1O[C@H](c2ccccc2)O[C@]1(C)CC[C@H](CC(=O)O)O[Si](C)(C)C(C)(C)C.C=C[C@@H]1O[C@H](c2ccccc2)O[C@]1(C)CC[C@H](CC(=O)OC)O[Si](C)(C)C(C)(C)C.PP(P)P(P)P(P)P.PPP(P(P)P)P(P)P. The standard InChI is InChI=1S/C24H38O5Si.C23H36O5Si.H11P9.H10P8/c1-9-20-24(5,28-22(27-20)18-13-11-10-12-14-18)16-15-19(17-21(25)26-6)29-30(7,8)23(2,3)4;1-8-19-23(5,27-21(26-19)17-12-10-9-11-13-17)15-14-18(16-20(24)25)28-29(6,7)22(2,3)4;1-6-9(7(2)3)8(4)5;1-6(2)8(5)7(3)4/h9-14,19-20,22H,1,15-17H2,2-8H3;8-13,18-19,21H,1,14-16H2,2-7H3,(H,24,25);6H,1-5H2;1-5H2/t19-,20+,22+,24-;18-,19+,21+,23-;;/m11../s1. The van der Waals surface area contributed by atoms with Gasteiger partial charge in [-0.2, -0.15) is 0 Å². The van der Waals surface area contributed by atoms with Gasteiger partial charge < -0.3 is 37.6 Å². The second kappa shape index (κ2) is 37.3. The van der Waals surface area contributed by atoms with Gasteiger partial charge >= 0.3 is 11.9 Å². The minimum Gasteiger partial charge on any atom is -0.481 e. The fourth-order valence-corrected chi connectivity index (χ4v) is 99.8. The highest BCUT2D eigenvalue weighted by molar-refractivity contribution is 9.10. The van der Waals surface area contributed by atoms with Gasteiger partial charge in [0.1, 0.15) is 12.2 Å². The zero-order valence-corrected chi connectivity index (χ0v) is 67.0. The van der Waals surface area contributed by atoms with Gasteiger partial charge in [-0.25, -0.2) is 0 Å². The Bertz CT molecular complexity index is 2010. The van der Waals surface area contributed by atoms with Gasteiger partial charge in [0, 0.05) is 11.1 Å². The van der Waals surface area contributed by atoms with Gasteiger partial charge in [0.05, 0.1) is 43.4 Å². The van der Waals surface area contributed by atoms with Crippen molar-refractivity contribution < 1.29 is 47.2 Å². The number of esters is 1. The Morgan fingerprint density at radius 3 is 1.25 bits per heavy atom. The van der Waals surface area contributed by atoms with Crippen molar-refractivity contribution in [3.05, 3.63) is 97.1 Å². The van der Waals surface area contributed by atoms with E-state index in [2.05, 4.69) is 170 Å². The number of methoxy groups -OCH3 is 1. The molecule has 2 fully saturated rings. The Hall–Kier alpha value is 4.36. The van der Waals surface area contributed by atoms with Crippen molar-refractivity contribution >= 4 is 168 Å². The first-order valence-electron chi connectivity index (χ1n) is 24.6. The van der Waals surface area contributed by atoms with Crippen LogP contribution in [0.15, 0.2) is 86.0 Å². The minimum atomic E-state index is -2.08. The number of hydrogen-bond donors (Lipinski definition) is 1. The molecule has 0 aliphatic carbocycles. The van der Waals surface area contributed by atoms with Crippen LogP contribution in [0, 0.1) is 0 Å². The number of rotatable bonds is 23. The lowest BCUT2D eigenvalue weighted by Crippen LogP contribution is -2.45. The molecule has 4 rings (SSSR count). The largest absolute Gasteiger partial charge is 0.481 e. The zero-order valence-electron chi connectivity index (χ0n) is 47.1. The number of carbonyl (C=O) groups excluding carboxylic acids is 1. The normalized spacial score (nSPS) is 23.0. The minimum absolute atomic E-state index is 0.00961. The first-order valence-corrected chi connectivity index (χ1v) is 59.5. The molecule has 1 N–H and O–H groups in total. The van der Waals surface area contributed by atoms with E-state index in [0.717, 1.165) is 19.1 Å². The maximum Gasteiger partial charge on any atom is 0.308 e. The van der Waals surface area contributed by atoms with Crippen molar-refractivity contribution in [2.75, 3.05) is 7.11 Å². The lowest BCUT2D eigenvalue weighted by Gasteiger charge is -2.40. The third-order valence-corrected chi connectivity index (χ3v) is 105. The van der Waals surface area contributed by atoms with E-state index in [1.165, 1.54) is 7.11 Å². The number of carbonyl (C=O) groups is 2. The maximum absolute atomic E-state index is 12.0. The predicted octanol–water partition coefficient (Wildman–Crippen LogP) is 20.5. The highest BCUT2D eigenvalue weighted by Gasteiger charge is 2.48. The van der Waals surface area contributed by atoms with Gasteiger partial charge in [0.15, 0.2) is 29.2 Å². The van der Waals surface area contributed by atoms with Crippen LogP contribution >= 0.6 is 139 Å². The molecule has 436 valence electrons. The first kappa shape index (κ1) is 78.4. The lowest BCUT2D eigenvalue weighted by atomic mass is 9.91. The van der Waals surface area contributed by atoms with Crippen LogP contribution in [-0.4, -0.2) is 76.4 Å². The van der Waals surface area contributed by atoms with Crippen molar-refractivity contribution in [2.45, 2.75) is 178 Å². The molecule has 2 aliphatic rings. The lowest BCUT2D eigenvalue weighted by molar-refractivity contribution is -0.143. The average molecular weight is 1400 g/mol. The molecule has 76 heavy (non-hydrogen) atoms. The van der Waals surface area contributed by atoms with E-state index in [1.807, 2.05) is 74.5 Å². The fourth-order valence-electron chi connectivity index (χ4n) is 7.08. The highest BCUT2D eigenvalue weighted by Crippen LogP contribution is 3.04. The monoisotopic (exact) mass is 1400 g/mol. The molecule has 11 unspecified atom stereocenters. The molecule has 19 atom stereocenters. The summed E-state index contributed by atoms with van der Waals surface area (Å²) < 4.78 is 42.8. The van der Waals surface area contributed by atoms with E-state index < -0.39 is 46.4 Å². The van der Waals surface area contributed by atoms with Crippen LogP contribution in [0.1, 0.15) is 118 Å². The second-order valence-corrected chi connectivity index (χ2v) is 89.9. The predicted molar refractivity (Wildman–Crippen MR) is 386 cm³/mol. The quantitative estimate of drug-likeness (QED) is 0.0499. The van der Waals surface area contributed by atoms with Crippen molar-refractivity contribution in [3.63, 3.8) is 0 Å². The highest BCUT2D eigenvalue weighted by atomic mass is 33.2. The molecule has 0 amide bonds. The summed E-state index contributed by atoms with van der Waals surface area (Å²) >= 11 is 0. The summed E-state index contributed by atoms with van der Waals surface area (Å²) in [5.74, 6) is -1.10. The summed E-state index contributed by atoms with van der Waals surface area (Å²) in [5.41, 5.74) is 0.808. The molecule has 2 heterocycles. The summed E-state index contributed by atoms with van der Waals surface area (Å²) in [6.45, 7) is 34.8. The van der Waals surface area contributed by atoms with Crippen molar-refractivity contribution in [1.82, 2.24) is 0 Å². The number of benzene rings is 2. The molecule has 0 aromatic heterocycles. The number of ether oxygens (including phenoxy) is 5. The fraction of sp³-hybridized carbons (Fsp3) is 0.617. The van der Waals surface area contributed by atoms with Crippen molar-refractivity contribution in [1.29, 1.82) is 0 Å². The molecule has 2 saturated heterocycles.